The van der Waals surface area contributed by atoms with Crippen LogP contribution in [0.2, 0.25) is 0 Å². The summed E-state index contributed by atoms with van der Waals surface area (Å²) in [4.78, 5) is 0. The van der Waals surface area contributed by atoms with E-state index >= 15 is 0 Å². The number of hydrogen-bond acceptors (Lipinski definition) is 1. The Bertz CT molecular complexity index is 196. The van der Waals surface area contributed by atoms with E-state index in [9.17, 15) is 5.11 Å². The van der Waals surface area contributed by atoms with Gasteiger partial charge in [0.15, 0.2) is 0 Å². The zero-order valence-corrected chi connectivity index (χ0v) is 13.0. The van der Waals surface area contributed by atoms with Crippen LogP contribution in [0.3, 0.4) is 0 Å². The lowest BCUT2D eigenvalue weighted by Gasteiger charge is -2.15. The zero-order valence-electron chi connectivity index (χ0n) is 13.0. The second-order valence-corrected chi connectivity index (χ2v) is 6.00. The minimum Gasteiger partial charge on any atom is -0.393 e. The average Bonchev–Trinajstić information content (AvgIpc) is 2.34. The molecule has 0 bridgehead atoms. The lowest BCUT2D eigenvalue weighted by molar-refractivity contribution is 0.111. The first-order valence-corrected chi connectivity index (χ1v) is 7.92. The van der Waals surface area contributed by atoms with Crippen molar-refractivity contribution in [2.45, 2.75) is 85.2 Å². The molecule has 1 nitrogen and oxygen atoms in total. The van der Waals surface area contributed by atoms with E-state index in [4.69, 9.17) is 0 Å². The molecule has 2 atom stereocenters. The van der Waals surface area contributed by atoms with Crippen LogP contribution in [0.4, 0.5) is 0 Å². The molecule has 0 spiro atoms. The molecule has 0 aliphatic heterocycles. The van der Waals surface area contributed by atoms with E-state index in [1.165, 1.54) is 38.5 Å². The molecule has 0 saturated heterocycles. The molecule has 0 radical (unpaired) electrons. The van der Waals surface area contributed by atoms with Crippen LogP contribution >= 0.6 is 0 Å². The predicted octanol–water partition coefficient (Wildman–Crippen LogP) is 5.34. The van der Waals surface area contributed by atoms with Gasteiger partial charge in [0.25, 0.3) is 0 Å². The number of rotatable bonds is 11. The normalized spacial score (nSPS) is 15.4. The molecule has 0 aliphatic rings. The highest BCUT2D eigenvalue weighted by molar-refractivity contribution is 4.86. The summed E-state index contributed by atoms with van der Waals surface area (Å²) in [6, 6.07) is 0. The van der Waals surface area contributed by atoms with Gasteiger partial charge in [0, 0.05) is 0 Å². The minimum absolute atomic E-state index is 0.130. The van der Waals surface area contributed by atoms with Gasteiger partial charge in [-0.1, -0.05) is 65.5 Å². The Labute approximate surface area is 115 Å². The Hall–Kier alpha value is -0.300. The van der Waals surface area contributed by atoms with Crippen LogP contribution < -0.4 is 0 Å². The Morgan fingerprint density at radius 2 is 1.61 bits per heavy atom. The second-order valence-electron chi connectivity index (χ2n) is 6.00. The van der Waals surface area contributed by atoms with Crippen LogP contribution in [-0.2, 0) is 0 Å². The van der Waals surface area contributed by atoms with E-state index in [0.717, 1.165) is 12.8 Å². The molecule has 1 heteroatoms. The van der Waals surface area contributed by atoms with Gasteiger partial charge in [-0.3, -0.25) is 0 Å². The lowest BCUT2D eigenvalue weighted by Crippen LogP contribution is -2.15. The molecule has 0 aromatic heterocycles. The van der Waals surface area contributed by atoms with Crippen LogP contribution in [0.15, 0.2) is 12.2 Å². The number of aliphatic hydroxyl groups excluding tert-OH is 1. The molecule has 1 unspecified atom stereocenters. The molecule has 0 heterocycles. The van der Waals surface area contributed by atoms with Gasteiger partial charge in [-0.15, -0.1) is 0 Å². The smallest absolute Gasteiger partial charge is 0.0563 e. The number of hydrogen-bond donors (Lipinski definition) is 1. The van der Waals surface area contributed by atoms with Crippen molar-refractivity contribution in [3.63, 3.8) is 0 Å². The molecule has 0 amide bonds. The first-order chi connectivity index (χ1) is 8.57. The molecule has 108 valence electrons. The summed E-state index contributed by atoms with van der Waals surface area (Å²) in [5.41, 5.74) is 0. The van der Waals surface area contributed by atoms with Gasteiger partial charge >= 0.3 is 0 Å². The number of aliphatic hydroxyl groups is 1. The van der Waals surface area contributed by atoms with Crippen molar-refractivity contribution in [2.75, 3.05) is 0 Å². The van der Waals surface area contributed by atoms with Crippen molar-refractivity contribution in [1.29, 1.82) is 0 Å². The second kappa shape index (κ2) is 11.8. The summed E-state index contributed by atoms with van der Waals surface area (Å²) in [6.45, 7) is 8.68. The third kappa shape index (κ3) is 10.8. The van der Waals surface area contributed by atoms with E-state index in [0.29, 0.717) is 11.8 Å². The van der Waals surface area contributed by atoms with Crippen LogP contribution in [0, 0.1) is 11.8 Å². The van der Waals surface area contributed by atoms with Crippen molar-refractivity contribution in [3.05, 3.63) is 12.2 Å². The molecule has 0 aromatic carbocycles. The quantitative estimate of drug-likeness (QED) is 0.390. The summed E-state index contributed by atoms with van der Waals surface area (Å²) in [5.74, 6) is 0.994. The van der Waals surface area contributed by atoms with Gasteiger partial charge in [-0.25, -0.2) is 0 Å². The molecule has 0 fully saturated rings. The van der Waals surface area contributed by atoms with Gasteiger partial charge in [0.05, 0.1) is 6.10 Å². The van der Waals surface area contributed by atoms with Gasteiger partial charge in [0.2, 0.25) is 0 Å². The first kappa shape index (κ1) is 17.7. The SMILES string of the molecule is CCCCCCC/C=C/[C@@H](C)CCC(O)C(C)C. The molecule has 18 heavy (non-hydrogen) atoms. The molecule has 0 aromatic rings. The number of allylic oxidation sites excluding steroid dienone is 2. The Morgan fingerprint density at radius 1 is 0.944 bits per heavy atom. The Balaban J connectivity index is 3.47. The summed E-state index contributed by atoms with van der Waals surface area (Å²) in [7, 11) is 0. The largest absolute Gasteiger partial charge is 0.393 e. The first-order valence-electron chi connectivity index (χ1n) is 7.92. The Morgan fingerprint density at radius 3 is 2.22 bits per heavy atom. The van der Waals surface area contributed by atoms with Crippen molar-refractivity contribution in [3.8, 4) is 0 Å². The fraction of sp³-hybridized carbons (Fsp3) is 0.882. The summed E-state index contributed by atoms with van der Waals surface area (Å²) < 4.78 is 0. The van der Waals surface area contributed by atoms with E-state index in [1.54, 1.807) is 0 Å². The minimum atomic E-state index is -0.130. The molecule has 1 N–H and O–H groups in total. The molecular formula is C17H34O. The van der Waals surface area contributed by atoms with Gasteiger partial charge < -0.3 is 5.11 Å². The van der Waals surface area contributed by atoms with E-state index in [1.807, 2.05) is 0 Å². The van der Waals surface area contributed by atoms with E-state index in [2.05, 4.69) is 39.8 Å². The summed E-state index contributed by atoms with van der Waals surface area (Å²) in [5, 5.41) is 9.74. The van der Waals surface area contributed by atoms with Gasteiger partial charge in [0.1, 0.15) is 0 Å². The predicted molar refractivity (Wildman–Crippen MR) is 81.8 cm³/mol. The summed E-state index contributed by atoms with van der Waals surface area (Å²) >= 11 is 0. The lowest BCUT2D eigenvalue weighted by atomic mass is 9.96. The van der Waals surface area contributed by atoms with Crippen molar-refractivity contribution < 1.29 is 5.11 Å². The summed E-state index contributed by atoms with van der Waals surface area (Å²) in [6.07, 6.45) is 14.6. The van der Waals surface area contributed by atoms with Crippen LogP contribution in [0.25, 0.3) is 0 Å². The van der Waals surface area contributed by atoms with Crippen LogP contribution in [0.5, 0.6) is 0 Å². The highest BCUT2D eigenvalue weighted by Gasteiger charge is 2.09. The van der Waals surface area contributed by atoms with Crippen LogP contribution in [0.1, 0.15) is 79.1 Å². The van der Waals surface area contributed by atoms with Crippen molar-refractivity contribution >= 4 is 0 Å². The third-order valence-electron chi connectivity index (χ3n) is 3.63. The fourth-order valence-electron chi connectivity index (χ4n) is 2.06. The highest BCUT2D eigenvalue weighted by Crippen LogP contribution is 2.15. The average molecular weight is 254 g/mol. The molecular weight excluding hydrogens is 220 g/mol. The van der Waals surface area contributed by atoms with E-state index in [-0.39, 0.29) is 6.10 Å². The van der Waals surface area contributed by atoms with Gasteiger partial charge in [-0.2, -0.15) is 0 Å². The number of unbranched alkanes of at least 4 members (excludes halogenated alkanes) is 5. The standard InChI is InChI=1S/C17H34O/c1-5-6-7-8-9-10-11-12-16(4)13-14-17(18)15(2)3/h11-12,15-18H,5-10,13-14H2,1-4H3/b12-11+/t16-,17?/m1/s1. The van der Waals surface area contributed by atoms with E-state index < -0.39 is 0 Å². The molecule has 0 saturated carbocycles. The topological polar surface area (TPSA) is 20.2 Å². The third-order valence-corrected chi connectivity index (χ3v) is 3.63. The fourth-order valence-corrected chi connectivity index (χ4v) is 2.06. The molecule has 0 rings (SSSR count). The van der Waals surface area contributed by atoms with Gasteiger partial charge in [-0.05, 0) is 37.5 Å². The van der Waals surface area contributed by atoms with Crippen molar-refractivity contribution in [2.24, 2.45) is 11.8 Å². The maximum atomic E-state index is 9.74. The zero-order chi connectivity index (χ0) is 13.8. The van der Waals surface area contributed by atoms with Crippen LogP contribution in [-0.4, -0.2) is 11.2 Å². The van der Waals surface area contributed by atoms with Crippen molar-refractivity contribution in [1.82, 2.24) is 0 Å². The maximum absolute atomic E-state index is 9.74. The Kier molecular flexibility index (Phi) is 11.6. The maximum Gasteiger partial charge on any atom is 0.0563 e. The molecule has 0 aliphatic carbocycles. The highest BCUT2D eigenvalue weighted by atomic mass is 16.3. The monoisotopic (exact) mass is 254 g/mol.